The summed E-state index contributed by atoms with van der Waals surface area (Å²) in [5.74, 6) is -0.771. The maximum absolute atomic E-state index is 13.2. The number of carbonyl (C=O) groups excluding carboxylic acids is 3. The van der Waals surface area contributed by atoms with Gasteiger partial charge in [0.05, 0.1) is 5.56 Å². The van der Waals surface area contributed by atoms with Crippen LogP contribution in [0.15, 0.2) is 48.5 Å². The van der Waals surface area contributed by atoms with Crippen molar-refractivity contribution < 1.29 is 34.1 Å². The third-order valence-electron chi connectivity index (χ3n) is 6.10. The van der Waals surface area contributed by atoms with Crippen LogP contribution in [0.2, 0.25) is 0 Å². The van der Waals surface area contributed by atoms with Crippen LogP contribution in [0.4, 0.5) is 0 Å². The quantitative estimate of drug-likeness (QED) is 0.538. The smallest absolute Gasteiger partial charge is 0.340 e. The number of ketones is 2. The monoisotopic (exact) mass is 414 g/mol. The summed E-state index contributed by atoms with van der Waals surface area (Å²) < 4.78 is 11.9. The number of fused-ring (bicyclic) bond motifs is 8. The van der Waals surface area contributed by atoms with Crippen molar-refractivity contribution in [3.8, 4) is 23.0 Å². The highest BCUT2D eigenvalue weighted by Crippen LogP contribution is 2.57. The Hall–Kier alpha value is -4.13. The fourth-order valence-corrected chi connectivity index (χ4v) is 4.80. The molecule has 0 aromatic heterocycles. The predicted octanol–water partition coefficient (Wildman–Crippen LogP) is 3.83. The Morgan fingerprint density at radius 1 is 0.710 bits per heavy atom. The summed E-state index contributed by atoms with van der Waals surface area (Å²) >= 11 is 0. The van der Waals surface area contributed by atoms with Gasteiger partial charge < -0.3 is 19.7 Å². The molecule has 31 heavy (non-hydrogen) atoms. The molecule has 7 heteroatoms. The molecule has 152 valence electrons. The zero-order valence-electron chi connectivity index (χ0n) is 16.0. The molecule has 6 rings (SSSR count). The third-order valence-corrected chi connectivity index (χ3v) is 6.10. The fraction of sp³-hybridized carbons (Fsp3) is 0.125. The van der Waals surface area contributed by atoms with Crippen LogP contribution in [0.1, 0.15) is 60.6 Å². The Morgan fingerprint density at radius 3 is 1.94 bits per heavy atom. The van der Waals surface area contributed by atoms with E-state index in [0.717, 1.165) is 0 Å². The standard InChI is InChI=1S/C24H14O7/c25-11-1-4-14-19(9-11)30-20-10-12(26)2-5-15(20)24(14)16-6-3-13-17(27)7-8-18(28)21(13)22(16)23(29)31-24/h1-6,9-10,25-26H,7-8H2. The first-order valence-electron chi connectivity index (χ1n) is 9.72. The number of benzene rings is 3. The molecule has 2 N–H and O–H groups in total. The van der Waals surface area contributed by atoms with E-state index >= 15 is 0 Å². The van der Waals surface area contributed by atoms with E-state index in [0.29, 0.717) is 16.7 Å². The molecule has 0 fully saturated rings. The third kappa shape index (κ3) is 2.15. The van der Waals surface area contributed by atoms with E-state index in [-0.39, 0.29) is 64.1 Å². The average molecular weight is 414 g/mol. The average Bonchev–Trinajstić information content (AvgIpc) is 3.03. The highest BCUT2D eigenvalue weighted by atomic mass is 16.6. The van der Waals surface area contributed by atoms with Gasteiger partial charge in [0.15, 0.2) is 17.2 Å². The van der Waals surface area contributed by atoms with Crippen molar-refractivity contribution in [2.24, 2.45) is 0 Å². The lowest BCUT2D eigenvalue weighted by atomic mass is 9.75. The SMILES string of the molecule is O=C1CCC(=O)c2c1ccc1c2C(=O)OC12c1ccc(O)cc1Oc1cc(O)ccc12. The van der Waals surface area contributed by atoms with Gasteiger partial charge in [0.2, 0.25) is 0 Å². The van der Waals surface area contributed by atoms with Crippen molar-refractivity contribution in [1.29, 1.82) is 0 Å². The lowest BCUT2D eigenvalue weighted by Gasteiger charge is -2.36. The Labute approximate surface area is 175 Å². The molecule has 0 radical (unpaired) electrons. The number of phenols is 2. The zero-order valence-corrected chi connectivity index (χ0v) is 16.0. The molecule has 3 aromatic carbocycles. The minimum Gasteiger partial charge on any atom is -0.508 e. The summed E-state index contributed by atoms with van der Waals surface area (Å²) in [5.41, 5.74) is 0.301. The first kappa shape index (κ1) is 17.7. The van der Waals surface area contributed by atoms with Crippen molar-refractivity contribution in [2.45, 2.75) is 18.4 Å². The van der Waals surface area contributed by atoms with Crippen molar-refractivity contribution in [3.63, 3.8) is 0 Å². The maximum Gasteiger partial charge on any atom is 0.340 e. The van der Waals surface area contributed by atoms with Crippen molar-refractivity contribution in [2.75, 3.05) is 0 Å². The van der Waals surface area contributed by atoms with E-state index in [4.69, 9.17) is 9.47 Å². The molecular formula is C24H14O7. The van der Waals surface area contributed by atoms with Crippen LogP contribution in [0.3, 0.4) is 0 Å². The molecular weight excluding hydrogens is 400 g/mol. The first-order chi connectivity index (χ1) is 14.9. The van der Waals surface area contributed by atoms with Gasteiger partial charge in [-0.15, -0.1) is 0 Å². The Balaban J connectivity index is 1.73. The van der Waals surface area contributed by atoms with Crippen LogP contribution >= 0.6 is 0 Å². The van der Waals surface area contributed by atoms with Gasteiger partial charge in [-0.25, -0.2) is 4.79 Å². The van der Waals surface area contributed by atoms with Gasteiger partial charge >= 0.3 is 5.97 Å². The molecule has 0 bridgehead atoms. The number of esters is 1. The number of hydrogen-bond donors (Lipinski definition) is 2. The minimum absolute atomic E-state index is 0.0423. The van der Waals surface area contributed by atoms with Crippen LogP contribution in [0, 0.1) is 0 Å². The fourth-order valence-electron chi connectivity index (χ4n) is 4.80. The number of carbonyl (C=O) groups is 3. The number of ether oxygens (including phenoxy) is 2. The Morgan fingerprint density at radius 2 is 1.29 bits per heavy atom. The second kappa shape index (κ2) is 5.72. The number of phenolic OH excluding ortho intramolecular Hbond substituents is 2. The van der Waals surface area contributed by atoms with Gasteiger partial charge in [-0.1, -0.05) is 12.1 Å². The lowest BCUT2D eigenvalue weighted by Crippen LogP contribution is -2.33. The lowest BCUT2D eigenvalue weighted by molar-refractivity contribution is 0.0223. The second-order valence-electron chi connectivity index (χ2n) is 7.79. The predicted molar refractivity (Wildman–Crippen MR) is 106 cm³/mol. The van der Waals surface area contributed by atoms with Crippen molar-refractivity contribution in [1.82, 2.24) is 0 Å². The molecule has 0 saturated carbocycles. The molecule has 3 aliphatic rings. The van der Waals surface area contributed by atoms with Gasteiger partial charge in [-0.05, 0) is 24.3 Å². The number of hydrogen-bond acceptors (Lipinski definition) is 7. The molecule has 2 aliphatic heterocycles. The van der Waals surface area contributed by atoms with Crippen LogP contribution in [-0.4, -0.2) is 27.7 Å². The molecule has 1 spiro atoms. The van der Waals surface area contributed by atoms with Crippen molar-refractivity contribution >= 4 is 17.5 Å². The van der Waals surface area contributed by atoms with Gasteiger partial charge in [0.1, 0.15) is 23.0 Å². The largest absolute Gasteiger partial charge is 0.508 e. The summed E-state index contributed by atoms with van der Waals surface area (Å²) in [6.45, 7) is 0. The highest BCUT2D eigenvalue weighted by molar-refractivity contribution is 6.19. The van der Waals surface area contributed by atoms with Crippen LogP contribution in [-0.2, 0) is 10.3 Å². The van der Waals surface area contributed by atoms with Crippen molar-refractivity contribution in [3.05, 3.63) is 81.9 Å². The Kier molecular flexibility index (Phi) is 3.27. The highest BCUT2D eigenvalue weighted by Gasteiger charge is 2.55. The summed E-state index contributed by atoms with van der Waals surface area (Å²) in [5, 5.41) is 19.9. The van der Waals surface area contributed by atoms with Gasteiger partial charge in [-0.3, -0.25) is 9.59 Å². The molecule has 0 amide bonds. The number of rotatable bonds is 0. The zero-order chi connectivity index (χ0) is 21.5. The van der Waals surface area contributed by atoms with E-state index in [1.807, 2.05) is 0 Å². The number of aromatic hydroxyl groups is 2. The van der Waals surface area contributed by atoms with Gasteiger partial charge in [0.25, 0.3) is 0 Å². The van der Waals surface area contributed by atoms with Crippen LogP contribution in [0.25, 0.3) is 0 Å². The molecule has 0 saturated heterocycles. The van der Waals surface area contributed by atoms with E-state index in [1.165, 1.54) is 24.3 Å². The van der Waals surface area contributed by atoms with Crippen LogP contribution < -0.4 is 4.74 Å². The van der Waals surface area contributed by atoms with Gasteiger partial charge in [-0.2, -0.15) is 0 Å². The van der Waals surface area contributed by atoms with E-state index in [9.17, 15) is 24.6 Å². The van der Waals surface area contributed by atoms with E-state index < -0.39 is 11.6 Å². The van der Waals surface area contributed by atoms with Gasteiger partial charge in [0, 0.05) is 52.8 Å². The summed E-state index contributed by atoms with van der Waals surface area (Å²) in [7, 11) is 0. The van der Waals surface area contributed by atoms with E-state index in [2.05, 4.69) is 0 Å². The Bertz CT molecular complexity index is 1320. The second-order valence-corrected chi connectivity index (χ2v) is 7.79. The molecule has 3 aromatic rings. The number of Topliss-reactive ketones (excluding diaryl/α,β-unsaturated/α-hetero) is 2. The molecule has 2 heterocycles. The normalized spacial score (nSPS) is 17.4. The van der Waals surface area contributed by atoms with Crippen LogP contribution in [0.5, 0.6) is 23.0 Å². The molecule has 0 atom stereocenters. The first-order valence-corrected chi connectivity index (χ1v) is 9.72. The summed E-state index contributed by atoms with van der Waals surface area (Å²) in [6, 6.07) is 12.1. The summed E-state index contributed by atoms with van der Waals surface area (Å²) in [4.78, 5) is 38.3. The minimum atomic E-state index is -1.45. The maximum atomic E-state index is 13.2. The molecule has 1 aliphatic carbocycles. The molecule has 7 nitrogen and oxygen atoms in total. The van der Waals surface area contributed by atoms with E-state index in [1.54, 1.807) is 24.3 Å². The molecule has 0 unspecified atom stereocenters. The summed E-state index contributed by atoms with van der Waals surface area (Å²) in [6.07, 6.45) is 0.156. The topological polar surface area (TPSA) is 110 Å².